The summed E-state index contributed by atoms with van der Waals surface area (Å²) in [6, 6.07) is 14.8. The van der Waals surface area contributed by atoms with Gasteiger partial charge in [0.2, 0.25) is 5.91 Å². The fraction of sp³-hybridized carbons (Fsp3) is 0.440. The Hall–Kier alpha value is -2.66. The van der Waals surface area contributed by atoms with Gasteiger partial charge in [-0.25, -0.2) is 0 Å². The maximum absolute atomic E-state index is 12.4. The third-order valence-corrected chi connectivity index (χ3v) is 6.10. The lowest BCUT2D eigenvalue weighted by molar-refractivity contribution is -0.121. The molecule has 30 heavy (non-hydrogen) atoms. The first-order valence-corrected chi connectivity index (χ1v) is 11.2. The number of nitrogens with zero attached hydrogens (tertiary/aromatic N) is 2. The molecule has 1 aliphatic carbocycles. The van der Waals surface area contributed by atoms with E-state index in [0.29, 0.717) is 6.54 Å². The summed E-state index contributed by atoms with van der Waals surface area (Å²) < 4.78 is 1.79. The molecule has 2 N–H and O–H groups in total. The van der Waals surface area contributed by atoms with Crippen LogP contribution >= 0.6 is 0 Å². The Balaban J connectivity index is 1.30. The Morgan fingerprint density at radius 2 is 1.80 bits per heavy atom. The molecule has 5 nitrogen and oxygen atoms in total. The molecule has 0 unspecified atom stereocenters. The van der Waals surface area contributed by atoms with Crippen LogP contribution in [0, 0.1) is 12.8 Å². The van der Waals surface area contributed by atoms with Crippen LogP contribution in [0.25, 0.3) is 22.0 Å². The van der Waals surface area contributed by atoms with Crippen molar-refractivity contribution < 1.29 is 4.79 Å². The van der Waals surface area contributed by atoms with Crippen molar-refractivity contribution in [3.05, 3.63) is 54.2 Å². The Morgan fingerprint density at radius 1 is 1.03 bits per heavy atom. The standard InChI is InChI=1S/C25H32N4O/c1-19-7-9-21(10-8-19)22-11-12-23-17-28-29(24(23)15-22)18-25(30)27-14-13-26-16-20-5-3-2-4-6-20/h7-12,15,17,20,26H,2-6,13-14,16,18H2,1H3,(H,27,30). The van der Waals surface area contributed by atoms with Gasteiger partial charge in [-0.05, 0) is 49.4 Å². The van der Waals surface area contributed by atoms with Crippen LogP contribution in [0.15, 0.2) is 48.7 Å². The number of hydrogen-bond acceptors (Lipinski definition) is 3. The van der Waals surface area contributed by atoms with Crippen LogP contribution in [-0.4, -0.2) is 35.3 Å². The highest BCUT2D eigenvalue weighted by Crippen LogP contribution is 2.25. The van der Waals surface area contributed by atoms with Crippen molar-refractivity contribution in [3.8, 4) is 11.1 Å². The maximum Gasteiger partial charge on any atom is 0.241 e. The minimum absolute atomic E-state index is 0.000190. The lowest BCUT2D eigenvalue weighted by atomic mass is 9.89. The van der Waals surface area contributed by atoms with E-state index in [-0.39, 0.29) is 12.5 Å². The van der Waals surface area contributed by atoms with Gasteiger partial charge in [-0.2, -0.15) is 5.10 Å². The maximum atomic E-state index is 12.4. The SMILES string of the molecule is Cc1ccc(-c2ccc3cnn(CC(=O)NCCNCC4CCCCC4)c3c2)cc1. The summed E-state index contributed by atoms with van der Waals surface area (Å²) in [5.74, 6) is 0.813. The molecule has 0 aliphatic heterocycles. The molecular formula is C25H32N4O. The number of amides is 1. The number of aryl methyl sites for hydroxylation is 1. The second kappa shape index (κ2) is 9.90. The fourth-order valence-electron chi connectivity index (χ4n) is 4.30. The number of carbonyl (C=O) groups is 1. The van der Waals surface area contributed by atoms with Gasteiger partial charge in [0, 0.05) is 18.5 Å². The van der Waals surface area contributed by atoms with Crippen molar-refractivity contribution in [3.63, 3.8) is 0 Å². The van der Waals surface area contributed by atoms with E-state index in [1.807, 2.05) is 6.20 Å². The molecule has 3 aromatic rings. The minimum Gasteiger partial charge on any atom is -0.353 e. The molecule has 1 aliphatic rings. The van der Waals surface area contributed by atoms with E-state index in [1.54, 1.807) is 4.68 Å². The van der Waals surface area contributed by atoms with Gasteiger partial charge in [0.05, 0.1) is 11.7 Å². The summed E-state index contributed by atoms with van der Waals surface area (Å²) >= 11 is 0. The third kappa shape index (κ3) is 5.28. The van der Waals surface area contributed by atoms with E-state index in [2.05, 4.69) is 65.1 Å². The van der Waals surface area contributed by atoms with Crippen LogP contribution in [0.5, 0.6) is 0 Å². The average molecular weight is 405 g/mol. The van der Waals surface area contributed by atoms with Crippen LogP contribution in [0.4, 0.5) is 0 Å². The van der Waals surface area contributed by atoms with Gasteiger partial charge in [0.25, 0.3) is 0 Å². The molecule has 1 saturated carbocycles. The summed E-state index contributed by atoms with van der Waals surface area (Å²) in [4.78, 5) is 12.4. The average Bonchev–Trinajstić information content (AvgIpc) is 3.16. The Morgan fingerprint density at radius 3 is 2.60 bits per heavy atom. The second-order valence-electron chi connectivity index (χ2n) is 8.50. The van der Waals surface area contributed by atoms with Gasteiger partial charge in [-0.3, -0.25) is 9.48 Å². The van der Waals surface area contributed by atoms with Gasteiger partial charge in [-0.1, -0.05) is 61.2 Å². The van der Waals surface area contributed by atoms with Crippen LogP contribution in [0.1, 0.15) is 37.7 Å². The number of aromatic nitrogens is 2. The van der Waals surface area contributed by atoms with Gasteiger partial charge < -0.3 is 10.6 Å². The monoisotopic (exact) mass is 404 g/mol. The lowest BCUT2D eigenvalue weighted by Gasteiger charge is -2.21. The molecule has 0 bridgehead atoms. The van der Waals surface area contributed by atoms with E-state index in [9.17, 15) is 4.79 Å². The summed E-state index contributed by atoms with van der Waals surface area (Å²) in [7, 11) is 0. The summed E-state index contributed by atoms with van der Waals surface area (Å²) in [6.45, 7) is 4.87. The van der Waals surface area contributed by atoms with E-state index in [0.717, 1.165) is 35.5 Å². The van der Waals surface area contributed by atoms with Gasteiger partial charge in [-0.15, -0.1) is 0 Å². The molecule has 5 heteroatoms. The predicted molar refractivity (Wildman–Crippen MR) is 122 cm³/mol. The Bertz CT molecular complexity index is 970. The molecule has 0 radical (unpaired) electrons. The van der Waals surface area contributed by atoms with E-state index in [4.69, 9.17) is 0 Å². The van der Waals surface area contributed by atoms with E-state index in [1.165, 1.54) is 43.2 Å². The highest BCUT2D eigenvalue weighted by atomic mass is 16.2. The topological polar surface area (TPSA) is 59.0 Å². The molecule has 0 atom stereocenters. The first kappa shape index (κ1) is 20.6. The number of hydrogen-bond donors (Lipinski definition) is 2. The number of benzene rings is 2. The number of nitrogens with one attached hydrogen (secondary N) is 2. The predicted octanol–water partition coefficient (Wildman–Crippen LogP) is 4.30. The van der Waals surface area contributed by atoms with E-state index >= 15 is 0 Å². The van der Waals surface area contributed by atoms with Crippen molar-refractivity contribution in [1.29, 1.82) is 0 Å². The molecule has 1 fully saturated rings. The number of rotatable bonds is 8. The quantitative estimate of drug-likeness (QED) is 0.551. The normalized spacial score (nSPS) is 14.8. The molecule has 0 spiro atoms. The fourth-order valence-corrected chi connectivity index (χ4v) is 4.30. The van der Waals surface area contributed by atoms with Crippen molar-refractivity contribution >= 4 is 16.8 Å². The van der Waals surface area contributed by atoms with Crippen molar-refractivity contribution in [1.82, 2.24) is 20.4 Å². The largest absolute Gasteiger partial charge is 0.353 e. The molecule has 2 aromatic carbocycles. The first-order chi connectivity index (χ1) is 14.7. The summed E-state index contributed by atoms with van der Waals surface area (Å²) in [6.07, 6.45) is 8.64. The van der Waals surface area contributed by atoms with Gasteiger partial charge in [0.1, 0.15) is 6.54 Å². The highest BCUT2D eigenvalue weighted by Gasteiger charge is 2.13. The third-order valence-electron chi connectivity index (χ3n) is 6.10. The molecule has 1 aromatic heterocycles. The van der Waals surface area contributed by atoms with Crippen LogP contribution in [-0.2, 0) is 11.3 Å². The zero-order valence-corrected chi connectivity index (χ0v) is 17.9. The summed E-state index contributed by atoms with van der Waals surface area (Å²) in [5, 5.41) is 12.0. The number of carbonyl (C=O) groups excluding carboxylic acids is 1. The molecule has 1 amide bonds. The lowest BCUT2D eigenvalue weighted by Crippen LogP contribution is -2.35. The molecular weight excluding hydrogens is 372 g/mol. The zero-order chi connectivity index (χ0) is 20.8. The van der Waals surface area contributed by atoms with E-state index < -0.39 is 0 Å². The molecule has 4 rings (SSSR count). The van der Waals surface area contributed by atoms with Crippen molar-refractivity contribution in [2.75, 3.05) is 19.6 Å². The molecule has 1 heterocycles. The van der Waals surface area contributed by atoms with Crippen LogP contribution in [0.3, 0.4) is 0 Å². The van der Waals surface area contributed by atoms with Gasteiger partial charge >= 0.3 is 0 Å². The highest BCUT2D eigenvalue weighted by molar-refractivity contribution is 5.86. The minimum atomic E-state index is 0.000190. The first-order valence-electron chi connectivity index (χ1n) is 11.2. The Kier molecular flexibility index (Phi) is 6.80. The Labute approximate surface area is 178 Å². The van der Waals surface area contributed by atoms with Crippen LogP contribution < -0.4 is 10.6 Å². The molecule has 158 valence electrons. The number of fused-ring (bicyclic) bond motifs is 1. The smallest absolute Gasteiger partial charge is 0.241 e. The summed E-state index contributed by atoms with van der Waals surface area (Å²) in [5.41, 5.74) is 4.54. The van der Waals surface area contributed by atoms with Crippen molar-refractivity contribution in [2.45, 2.75) is 45.6 Å². The van der Waals surface area contributed by atoms with Gasteiger partial charge in [0.15, 0.2) is 0 Å². The zero-order valence-electron chi connectivity index (χ0n) is 17.9. The second-order valence-corrected chi connectivity index (χ2v) is 8.50. The molecule has 0 saturated heterocycles. The van der Waals surface area contributed by atoms with Crippen LogP contribution in [0.2, 0.25) is 0 Å². The van der Waals surface area contributed by atoms with Crippen molar-refractivity contribution in [2.24, 2.45) is 5.92 Å².